The molecule has 3 N–H and O–H groups in total. The molecule has 0 aliphatic carbocycles. The lowest BCUT2D eigenvalue weighted by atomic mass is 10.1. The molecule has 0 fully saturated rings. The van der Waals surface area contributed by atoms with Crippen LogP contribution < -0.4 is 5.32 Å². The minimum absolute atomic E-state index is 0.167. The number of aromatic hydroxyl groups is 1. The van der Waals surface area contributed by atoms with E-state index in [4.69, 9.17) is 5.11 Å². The van der Waals surface area contributed by atoms with Crippen molar-refractivity contribution in [3.05, 3.63) is 30.0 Å². The maximum Gasteiger partial charge on any atom is 0.404 e. The van der Waals surface area contributed by atoms with Crippen LogP contribution in [-0.2, 0) is 13.6 Å². The number of nitrogens with one attached hydrogen (secondary N) is 1. The molecule has 0 atom stereocenters. The fraction of sp³-hybridized carbons (Fsp3) is 0.182. The molecule has 5 nitrogen and oxygen atoms in total. The quantitative estimate of drug-likeness (QED) is 0.720. The summed E-state index contributed by atoms with van der Waals surface area (Å²) in [6.07, 6.45) is 0.729. The minimum atomic E-state index is -1.08. The Morgan fingerprint density at radius 1 is 1.50 bits per heavy atom. The second-order valence-corrected chi connectivity index (χ2v) is 3.60. The monoisotopic (exact) mass is 220 g/mol. The molecular weight excluding hydrogens is 208 g/mol. The van der Waals surface area contributed by atoms with Gasteiger partial charge in [0, 0.05) is 30.7 Å². The summed E-state index contributed by atoms with van der Waals surface area (Å²) in [5, 5.41) is 21.3. The summed E-state index contributed by atoms with van der Waals surface area (Å²) in [4.78, 5) is 10.4. The molecule has 0 radical (unpaired) electrons. The third kappa shape index (κ3) is 1.67. The maximum absolute atomic E-state index is 10.4. The van der Waals surface area contributed by atoms with Crippen molar-refractivity contribution in [3.63, 3.8) is 0 Å². The van der Waals surface area contributed by atoms with Crippen LogP contribution in [0.4, 0.5) is 4.79 Å². The van der Waals surface area contributed by atoms with E-state index in [-0.39, 0.29) is 12.3 Å². The molecule has 1 aromatic carbocycles. The van der Waals surface area contributed by atoms with Gasteiger partial charge in [-0.3, -0.25) is 0 Å². The topological polar surface area (TPSA) is 74.5 Å². The SMILES string of the molecule is Cn1cc(CNC(=O)O)c2c(O)cccc21. The lowest BCUT2D eigenvalue weighted by Crippen LogP contribution is -2.19. The summed E-state index contributed by atoms with van der Waals surface area (Å²) in [7, 11) is 1.85. The number of benzene rings is 1. The predicted molar refractivity (Wildman–Crippen MR) is 59.4 cm³/mol. The van der Waals surface area contributed by atoms with E-state index < -0.39 is 6.09 Å². The van der Waals surface area contributed by atoms with E-state index in [9.17, 15) is 9.90 Å². The number of nitrogens with zero attached hydrogens (tertiary/aromatic N) is 1. The Kier molecular flexibility index (Phi) is 2.44. The van der Waals surface area contributed by atoms with Crippen LogP contribution in [0, 0.1) is 0 Å². The van der Waals surface area contributed by atoms with Crippen molar-refractivity contribution in [1.29, 1.82) is 0 Å². The zero-order chi connectivity index (χ0) is 11.7. The number of hydrogen-bond acceptors (Lipinski definition) is 2. The highest BCUT2D eigenvalue weighted by atomic mass is 16.4. The van der Waals surface area contributed by atoms with Gasteiger partial charge in [0.25, 0.3) is 0 Å². The van der Waals surface area contributed by atoms with Crippen molar-refractivity contribution in [2.45, 2.75) is 6.54 Å². The van der Waals surface area contributed by atoms with E-state index in [1.54, 1.807) is 18.3 Å². The van der Waals surface area contributed by atoms with E-state index in [1.807, 2.05) is 17.7 Å². The molecule has 0 bridgehead atoms. The lowest BCUT2D eigenvalue weighted by molar-refractivity contribution is 0.194. The summed E-state index contributed by atoms with van der Waals surface area (Å²) in [6, 6.07) is 5.22. The highest BCUT2D eigenvalue weighted by molar-refractivity contribution is 5.89. The van der Waals surface area contributed by atoms with Crippen LogP contribution >= 0.6 is 0 Å². The van der Waals surface area contributed by atoms with Crippen LogP contribution in [0.2, 0.25) is 0 Å². The van der Waals surface area contributed by atoms with Gasteiger partial charge in [-0.2, -0.15) is 0 Å². The van der Waals surface area contributed by atoms with Crippen molar-refractivity contribution in [2.75, 3.05) is 0 Å². The maximum atomic E-state index is 10.4. The van der Waals surface area contributed by atoms with Crippen LogP contribution in [0.5, 0.6) is 5.75 Å². The number of phenolic OH excluding ortho intramolecular Hbond substituents is 1. The first-order valence-corrected chi connectivity index (χ1v) is 4.82. The van der Waals surface area contributed by atoms with Crippen LogP contribution in [-0.4, -0.2) is 20.9 Å². The first-order chi connectivity index (χ1) is 7.59. The van der Waals surface area contributed by atoms with Gasteiger partial charge in [-0.05, 0) is 12.1 Å². The van der Waals surface area contributed by atoms with Crippen LogP contribution in [0.1, 0.15) is 5.56 Å². The number of carbonyl (C=O) groups is 1. The van der Waals surface area contributed by atoms with Crippen molar-refractivity contribution in [3.8, 4) is 5.75 Å². The van der Waals surface area contributed by atoms with Gasteiger partial charge in [0.05, 0.1) is 5.52 Å². The largest absolute Gasteiger partial charge is 0.507 e. The minimum Gasteiger partial charge on any atom is -0.507 e. The third-order valence-corrected chi connectivity index (χ3v) is 2.50. The van der Waals surface area contributed by atoms with E-state index in [0.717, 1.165) is 11.1 Å². The zero-order valence-electron chi connectivity index (χ0n) is 8.77. The second-order valence-electron chi connectivity index (χ2n) is 3.60. The molecular formula is C11H12N2O3. The average molecular weight is 220 g/mol. The molecule has 0 spiro atoms. The number of aryl methyl sites for hydroxylation is 1. The first-order valence-electron chi connectivity index (χ1n) is 4.82. The molecule has 0 unspecified atom stereocenters. The Labute approximate surface area is 91.9 Å². The summed E-state index contributed by atoms with van der Waals surface area (Å²) < 4.78 is 1.86. The van der Waals surface area contributed by atoms with Gasteiger partial charge < -0.3 is 20.1 Å². The molecule has 2 rings (SSSR count). The van der Waals surface area contributed by atoms with Crippen molar-refractivity contribution in [2.24, 2.45) is 7.05 Å². The molecule has 1 aromatic heterocycles. The number of rotatable bonds is 2. The number of carboxylic acid groups (broad SMARTS) is 1. The Bertz CT molecular complexity index is 545. The van der Waals surface area contributed by atoms with Gasteiger partial charge in [0.15, 0.2) is 0 Å². The molecule has 0 saturated heterocycles. The van der Waals surface area contributed by atoms with Crippen molar-refractivity contribution >= 4 is 17.0 Å². The van der Waals surface area contributed by atoms with Crippen LogP contribution in [0.15, 0.2) is 24.4 Å². The molecule has 84 valence electrons. The molecule has 2 aromatic rings. The predicted octanol–water partition coefficient (Wildman–Crippen LogP) is 1.65. The summed E-state index contributed by atoms with van der Waals surface area (Å²) in [5.41, 5.74) is 1.64. The standard InChI is InChI=1S/C11H12N2O3/c1-13-6-7(5-12-11(15)16)10-8(13)3-2-4-9(10)14/h2-4,6,12,14H,5H2,1H3,(H,15,16). The van der Waals surface area contributed by atoms with Gasteiger partial charge in [-0.25, -0.2) is 4.79 Å². The fourth-order valence-electron chi connectivity index (χ4n) is 1.82. The molecule has 5 heteroatoms. The lowest BCUT2D eigenvalue weighted by Gasteiger charge is -2.00. The zero-order valence-corrected chi connectivity index (χ0v) is 8.77. The second kappa shape index (κ2) is 3.77. The Hall–Kier alpha value is -2.17. The van der Waals surface area contributed by atoms with E-state index >= 15 is 0 Å². The number of phenols is 1. The van der Waals surface area contributed by atoms with E-state index in [2.05, 4.69) is 5.32 Å². The third-order valence-electron chi connectivity index (χ3n) is 2.50. The Morgan fingerprint density at radius 3 is 2.94 bits per heavy atom. The van der Waals surface area contributed by atoms with Gasteiger partial charge in [-0.1, -0.05) is 6.07 Å². The molecule has 0 aliphatic rings. The number of aromatic nitrogens is 1. The highest BCUT2D eigenvalue weighted by Gasteiger charge is 2.10. The Morgan fingerprint density at radius 2 is 2.25 bits per heavy atom. The van der Waals surface area contributed by atoms with Gasteiger partial charge in [0.2, 0.25) is 0 Å². The van der Waals surface area contributed by atoms with Crippen LogP contribution in [0.25, 0.3) is 10.9 Å². The smallest absolute Gasteiger partial charge is 0.404 e. The van der Waals surface area contributed by atoms with Gasteiger partial charge in [-0.15, -0.1) is 0 Å². The van der Waals surface area contributed by atoms with E-state index in [0.29, 0.717) is 5.39 Å². The number of amides is 1. The average Bonchev–Trinajstić information content (AvgIpc) is 2.55. The molecule has 1 heterocycles. The fourth-order valence-corrected chi connectivity index (χ4v) is 1.82. The Balaban J connectivity index is 2.49. The molecule has 0 aliphatic heterocycles. The van der Waals surface area contributed by atoms with Gasteiger partial charge in [0.1, 0.15) is 5.75 Å². The van der Waals surface area contributed by atoms with Crippen molar-refractivity contribution < 1.29 is 15.0 Å². The molecule has 1 amide bonds. The van der Waals surface area contributed by atoms with E-state index in [1.165, 1.54) is 0 Å². The number of fused-ring (bicyclic) bond motifs is 1. The number of hydrogen-bond donors (Lipinski definition) is 3. The summed E-state index contributed by atoms with van der Waals surface area (Å²) in [5.74, 6) is 0.167. The highest BCUT2D eigenvalue weighted by Crippen LogP contribution is 2.28. The summed E-state index contributed by atoms with van der Waals surface area (Å²) >= 11 is 0. The first kappa shape index (κ1) is 10.4. The molecule has 16 heavy (non-hydrogen) atoms. The normalized spacial score (nSPS) is 10.6. The van der Waals surface area contributed by atoms with Crippen molar-refractivity contribution in [1.82, 2.24) is 9.88 Å². The summed E-state index contributed by atoms with van der Waals surface area (Å²) in [6.45, 7) is 0.185. The van der Waals surface area contributed by atoms with Gasteiger partial charge >= 0.3 is 6.09 Å². The molecule has 0 saturated carbocycles. The van der Waals surface area contributed by atoms with Crippen LogP contribution in [0.3, 0.4) is 0 Å².